The zero-order valence-corrected chi connectivity index (χ0v) is 15.3. The van der Waals surface area contributed by atoms with Gasteiger partial charge in [0.25, 0.3) is 0 Å². The fourth-order valence-corrected chi connectivity index (χ4v) is 2.94. The van der Waals surface area contributed by atoms with Crippen LogP contribution in [0.3, 0.4) is 0 Å². The molecule has 4 rings (SSSR count). The minimum absolute atomic E-state index is 0.669. The van der Waals surface area contributed by atoms with Gasteiger partial charge in [-0.25, -0.2) is 9.67 Å². The van der Waals surface area contributed by atoms with Gasteiger partial charge < -0.3 is 5.32 Å². The van der Waals surface area contributed by atoms with Crippen molar-refractivity contribution in [2.45, 2.75) is 20.4 Å². The standard InChI is InChI=1S/C21H20N6/c1-15-10-16(2)27(26-15)21-14-23-13-20(25-21)24-11-17-5-7-18(8-6-17)19-4-3-9-22-12-19/h3-10,12-14H,11H2,1-2H3,(H,24,25). The van der Waals surface area contributed by atoms with Crippen molar-refractivity contribution in [3.8, 4) is 16.9 Å². The molecule has 1 aromatic carbocycles. The Morgan fingerprint density at radius 3 is 2.48 bits per heavy atom. The van der Waals surface area contributed by atoms with Crippen molar-refractivity contribution in [2.24, 2.45) is 0 Å². The second-order valence-electron chi connectivity index (χ2n) is 6.39. The van der Waals surface area contributed by atoms with E-state index in [0.29, 0.717) is 12.4 Å². The predicted molar refractivity (Wildman–Crippen MR) is 106 cm³/mol. The average molecular weight is 356 g/mol. The fourth-order valence-electron chi connectivity index (χ4n) is 2.94. The fraction of sp³-hybridized carbons (Fsp3) is 0.143. The third-order valence-corrected chi connectivity index (χ3v) is 4.27. The molecule has 3 heterocycles. The highest BCUT2D eigenvalue weighted by atomic mass is 15.3. The second-order valence-corrected chi connectivity index (χ2v) is 6.39. The number of aromatic nitrogens is 5. The van der Waals surface area contributed by atoms with E-state index in [1.165, 1.54) is 5.56 Å². The van der Waals surface area contributed by atoms with Gasteiger partial charge >= 0.3 is 0 Å². The lowest BCUT2D eigenvalue weighted by Gasteiger charge is -2.09. The summed E-state index contributed by atoms with van der Waals surface area (Å²) in [7, 11) is 0. The molecule has 0 amide bonds. The van der Waals surface area contributed by atoms with Crippen molar-refractivity contribution in [1.82, 2.24) is 24.7 Å². The van der Waals surface area contributed by atoms with Crippen LogP contribution in [0.25, 0.3) is 16.9 Å². The molecule has 6 nitrogen and oxygen atoms in total. The highest BCUT2D eigenvalue weighted by molar-refractivity contribution is 5.62. The van der Waals surface area contributed by atoms with E-state index in [9.17, 15) is 0 Å². The quantitative estimate of drug-likeness (QED) is 0.586. The van der Waals surface area contributed by atoms with Gasteiger partial charge in [-0.1, -0.05) is 30.3 Å². The Morgan fingerprint density at radius 1 is 0.926 bits per heavy atom. The van der Waals surface area contributed by atoms with E-state index in [0.717, 1.165) is 28.3 Å². The van der Waals surface area contributed by atoms with Crippen LogP contribution in [0.15, 0.2) is 67.3 Å². The van der Waals surface area contributed by atoms with Crippen LogP contribution in [0.1, 0.15) is 17.0 Å². The van der Waals surface area contributed by atoms with Crippen LogP contribution in [-0.2, 0) is 6.54 Å². The summed E-state index contributed by atoms with van der Waals surface area (Å²) in [4.78, 5) is 13.1. The number of nitrogens with one attached hydrogen (secondary N) is 1. The smallest absolute Gasteiger partial charge is 0.174 e. The van der Waals surface area contributed by atoms with Gasteiger partial charge in [0.1, 0.15) is 5.82 Å². The summed E-state index contributed by atoms with van der Waals surface area (Å²) in [6.07, 6.45) is 7.09. The maximum Gasteiger partial charge on any atom is 0.174 e. The Morgan fingerprint density at radius 2 is 1.78 bits per heavy atom. The summed E-state index contributed by atoms with van der Waals surface area (Å²) >= 11 is 0. The van der Waals surface area contributed by atoms with Crippen molar-refractivity contribution < 1.29 is 0 Å². The second kappa shape index (κ2) is 7.37. The number of nitrogens with zero attached hydrogens (tertiary/aromatic N) is 5. The minimum Gasteiger partial charge on any atom is -0.365 e. The van der Waals surface area contributed by atoms with Crippen LogP contribution in [0.2, 0.25) is 0 Å². The molecule has 0 radical (unpaired) electrons. The normalized spacial score (nSPS) is 10.7. The van der Waals surface area contributed by atoms with E-state index >= 15 is 0 Å². The molecule has 0 spiro atoms. The highest BCUT2D eigenvalue weighted by Crippen LogP contribution is 2.19. The predicted octanol–water partition coefficient (Wildman–Crippen LogP) is 3.95. The maximum absolute atomic E-state index is 4.62. The molecule has 134 valence electrons. The molecule has 0 saturated carbocycles. The Balaban J connectivity index is 1.46. The summed E-state index contributed by atoms with van der Waals surface area (Å²) in [6.45, 7) is 4.64. The van der Waals surface area contributed by atoms with Crippen molar-refractivity contribution in [1.29, 1.82) is 0 Å². The largest absolute Gasteiger partial charge is 0.365 e. The van der Waals surface area contributed by atoms with E-state index in [2.05, 4.69) is 55.7 Å². The van der Waals surface area contributed by atoms with Gasteiger partial charge in [-0.05, 0) is 42.7 Å². The van der Waals surface area contributed by atoms with Crippen LogP contribution in [0.5, 0.6) is 0 Å². The molecule has 0 bridgehead atoms. The van der Waals surface area contributed by atoms with Crippen LogP contribution >= 0.6 is 0 Å². The van der Waals surface area contributed by atoms with Crippen LogP contribution in [0, 0.1) is 13.8 Å². The summed E-state index contributed by atoms with van der Waals surface area (Å²) in [6, 6.07) is 14.4. The lowest BCUT2D eigenvalue weighted by Crippen LogP contribution is -2.07. The number of anilines is 1. The van der Waals surface area contributed by atoms with Crippen LogP contribution < -0.4 is 5.32 Å². The maximum atomic E-state index is 4.62. The lowest BCUT2D eigenvalue weighted by atomic mass is 10.1. The minimum atomic E-state index is 0.669. The first-order valence-corrected chi connectivity index (χ1v) is 8.78. The molecule has 1 N–H and O–H groups in total. The van der Waals surface area contributed by atoms with Gasteiger partial charge in [-0.2, -0.15) is 5.10 Å². The monoisotopic (exact) mass is 356 g/mol. The van der Waals surface area contributed by atoms with Crippen LogP contribution in [-0.4, -0.2) is 24.7 Å². The Labute approximate surface area is 158 Å². The Kier molecular flexibility index (Phi) is 4.61. The van der Waals surface area contributed by atoms with Gasteiger partial charge in [0.15, 0.2) is 5.82 Å². The van der Waals surface area contributed by atoms with E-state index in [1.807, 2.05) is 32.2 Å². The first kappa shape index (κ1) is 16.9. The first-order chi connectivity index (χ1) is 13.2. The molecule has 0 aliphatic rings. The lowest BCUT2D eigenvalue weighted by molar-refractivity contribution is 0.799. The van der Waals surface area contributed by atoms with Gasteiger partial charge in [0.2, 0.25) is 0 Å². The summed E-state index contributed by atoms with van der Waals surface area (Å²) < 4.78 is 1.80. The zero-order valence-electron chi connectivity index (χ0n) is 15.3. The summed E-state index contributed by atoms with van der Waals surface area (Å²) in [5, 5.41) is 7.79. The molecule has 0 saturated heterocycles. The van der Waals surface area contributed by atoms with E-state index in [1.54, 1.807) is 23.3 Å². The van der Waals surface area contributed by atoms with Crippen molar-refractivity contribution in [3.63, 3.8) is 0 Å². The van der Waals surface area contributed by atoms with Crippen molar-refractivity contribution >= 4 is 5.82 Å². The summed E-state index contributed by atoms with van der Waals surface area (Å²) in [5.41, 5.74) is 5.42. The van der Waals surface area contributed by atoms with Gasteiger partial charge in [-0.3, -0.25) is 9.97 Å². The molecule has 3 aromatic heterocycles. The van der Waals surface area contributed by atoms with E-state index in [-0.39, 0.29) is 0 Å². The average Bonchev–Trinajstić information content (AvgIpc) is 3.06. The molecule has 0 aliphatic heterocycles. The number of benzene rings is 1. The SMILES string of the molecule is Cc1cc(C)n(-c2cncc(NCc3ccc(-c4cccnc4)cc3)n2)n1. The molecular formula is C21H20N6. The van der Waals surface area contributed by atoms with Gasteiger partial charge in [0.05, 0.1) is 18.1 Å². The number of hydrogen-bond donors (Lipinski definition) is 1. The topological polar surface area (TPSA) is 68.5 Å². The molecule has 6 heteroatoms. The third kappa shape index (κ3) is 3.84. The number of pyridine rings is 1. The molecule has 0 unspecified atom stereocenters. The molecule has 0 atom stereocenters. The van der Waals surface area contributed by atoms with Crippen molar-refractivity contribution in [3.05, 3.63) is 84.2 Å². The number of aryl methyl sites for hydroxylation is 2. The Bertz CT molecular complexity index is 1040. The first-order valence-electron chi connectivity index (χ1n) is 8.78. The van der Waals surface area contributed by atoms with Gasteiger partial charge in [0, 0.05) is 24.6 Å². The molecule has 27 heavy (non-hydrogen) atoms. The number of rotatable bonds is 5. The van der Waals surface area contributed by atoms with E-state index in [4.69, 9.17) is 0 Å². The molecule has 4 aromatic rings. The molecular weight excluding hydrogens is 336 g/mol. The van der Waals surface area contributed by atoms with Crippen LogP contribution in [0.4, 0.5) is 5.82 Å². The third-order valence-electron chi connectivity index (χ3n) is 4.27. The van der Waals surface area contributed by atoms with Gasteiger partial charge in [-0.15, -0.1) is 0 Å². The van der Waals surface area contributed by atoms with E-state index < -0.39 is 0 Å². The number of hydrogen-bond acceptors (Lipinski definition) is 5. The molecule has 0 aliphatic carbocycles. The highest BCUT2D eigenvalue weighted by Gasteiger charge is 2.06. The molecule has 0 fully saturated rings. The summed E-state index contributed by atoms with van der Waals surface area (Å²) in [5.74, 6) is 1.42. The Hall–Kier alpha value is -3.54. The van der Waals surface area contributed by atoms with Crippen molar-refractivity contribution in [2.75, 3.05) is 5.32 Å². The zero-order chi connectivity index (χ0) is 18.6.